The van der Waals surface area contributed by atoms with E-state index in [4.69, 9.17) is 19.9 Å². The van der Waals surface area contributed by atoms with Crippen molar-refractivity contribution in [3.63, 3.8) is 0 Å². The van der Waals surface area contributed by atoms with Gasteiger partial charge in [0.1, 0.15) is 0 Å². The van der Waals surface area contributed by atoms with Crippen molar-refractivity contribution >= 4 is 29.9 Å². The van der Waals surface area contributed by atoms with Crippen LogP contribution < -0.4 is 20.5 Å². The lowest BCUT2D eigenvalue weighted by molar-refractivity contribution is 0.129. The minimum absolute atomic E-state index is 0. The van der Waals surface area contributed by atoms with Crippen LogP contribution in [-0.2, 0) is 11.3 Å². The van der Waals surface area contributed by atoms with Crippen molar-refractivity contribution in [2.24, 2.45) is 10.7 Å². The molecule has 0 amide bonds. The monoisotopic (exact) mass is 451 g/mol. The molecule has 1 aromatic carbocycles. The normalized spacial score (nSPS) is 10.9. The Balaban J connectivity index is 0.00000529. The molecule has 138 valence electrons. The Kier molecular flexibility index (Phi) is 13.4. The number of ether oxygens (including phenoxy) is 3. The fourth-order valence-corrected chi connectivity index (χ4v) is 1.95. The first-order valence-corrected chi connectivity index (χ1v) is 8.03. The molecule has 0 aliphatic heterocycles. The van der Waals surface area contributed by atoms with E-state index >= 15 is 0 Å². The molecule has 0 fully saturated rings. The Morgan fingerprint density at radius 2 is 1.83 bits per heavy atom. The molecular formula is C17H30IN3O3. The van der Waals surface area contributed by atoms with Gasteiger partial charge in [-0.05, 0) is 30.5 Å². The largest absolute Gasteiger partial charge is 0.493 e. The third-order valence-electron chi connectivity index (χ3n) is 3.29. The highest BCUT2D eigenvalue weighted by atomic mass is 127. The number of nitrogens with zero attached hydrogens (tertiary/aromatic N) is 1. The molecule has 1 aromatic rings. The van der Waals surface area contributed by atoms with E-state index in [2.05, 4.69) is 17.2 Å². The van der Waals surface area contributed by atoms with Gasteiger partial charge in [0.05, 0.1) is 20.8 Å². The maximum atomic E-state index is 5.85. The molecule has 0 aliphatic carbocycles. The molecule has 0 unspecified atom stereocenters. The van der Waals surface area contributed by atoms with E-state index in [1.165, 1.54) is 0 Å². The van der Waals surface area contributed by atoms with Crippen LogP contribution in [0.4, 0.5) is 0 Å². The van der Waals surface area contributed by atoms with Gasteiger partial charge in [0.15, 0.2) is 17.5 Å². The molecule has 0 radical (unpaired) electrons. The quantitative estimate of drug-likeness (QED) is 0.234. The molecule has 0 spiro atoms. The van der Waals surface area contributed by atoms with Gasteiger partial charge < -0.3 is 25.3 Å². The summed E-state index contributed by atoms with van der Waals surface area (Å²) in [7, 11) is 3.23. The maximum Gasteiger partial charge on any atom is 0.188 e. The van der Waals surface area contributed by atoms with Gasteiger partial charge in [-0.1, -0.05) is 19.4 Å². The number of guanidine groups is 1. The molecule has 0 saturated heterocycles. The minimum atomic E-state index is 0. The van der Waals surface area contributed by atoms with Gasteiger partial charge in [-0.15, -0.1) is 24.0 Å². The fraction of sp³-hybridized carbons (Fsp3) is 0.588. The zero-order valence-electron chi connectivity index (χ0n) is 14.8. The summed E-state index contributed by atoms with van der Waals surface area (Å²) in [5.74, 6) is 1.83. The summed E-state index contributed by atoms with van der Waals surface area (Å²) in [5, 5.41) is 3.09. The highest BCUT2D eigenvalue weighted by Crippen LogP contribution is 2.27. The number of methoxy groups -OCH3 is 2. The predicted octanol–water partition coefficient (Wildman–Crippen LogP) is 2.93. The van der Waals surface area contributed by atoms with Crippen molar-refractivity contribution in [2.75, 3.05) is 34.0 Å². The molecule has 3 N–H and O–H groups in total. The number of benzene rings is 1. The summed E-state index contributed by atoms with van der Waals surface area (Å²) in [6.45, 7) is 4.98. The fourth-order valence-electron chi connectivity index (χ4n) is 1.95. The minimum Gasteiger partial charge on any atom is -0.493 e. The Labute approximate surface area is 162 Å². The van der Waals surface area contributed by atoms with E-state index < -0.39 is 0 Å². The van der Waals surface area contributed by atoms with Crippen molar-refractivity contribution in [1.29, 1.82) is 0 Å². The molecule has 7 heteroatoms. The lowest BCUT2D eigenvalue weighted by atomic mass is 10.2. The van der Waals surface area contributed by atoms with Crippen LogP contribution in [-0.4, -0.2) is 39.9 Å². The van der Waals surface area contributed by atoms with Crippen LogP contribution in [0.3, 0.4) is 0 Å². The number of hydrogen-bond donors (Lipinski definition) is 2. The summed E-state index contributed by atoms with van der Waals surface area (Å²) in [6, 6.07) is 5.71. The highest BCUT2D eigenvalue weighted by Gasteiger charge is 2.04. The van der Waals surface area contributed by atoms with E-state index in [1.54, 1.807) is 14.2 Å². The van der Waals surface area contributed by atoms with E-state index in [1.807, 2.05) is 18.2 Å². The van der Waals surface area contributed by atoms with E-state index in [-0.39, 0.29) is 24.0 Å². The first kappa shape index (κ1) is 22.8. The van der Waals surface area contributed by atoms with Crippen LogP contribution in [0.1, 0.15) is 31.7 Å². The number of rotatable bonds is 11. The number of aliphatic imine (C=N–C) groups is 1. The molecule has 6 nitrogen and oxygen atoms in total. The van der Waals surface area contributed by atoms with Gasteiger partial charge in [0.2, 0.25) is 0 Å². The Morgan fingerprint density at radius 3 is 2.50 bits per heavy atom. The van der Waals surface area contributed by atoms with Crippen LogP contribution in [0.2, 0.25) is 0 Å². The second-order valence-corrected chi connectivity index (χ2v) is 5.14. The summed E-state index contributed by atoms with van der Waals surface area (Å²) >= 11 is 0. The topological polar surface area (TPSA) is 78.1 Å². The van der Waals surface area contributed by atoms with Gasteiger partial charge in [-0.2, -0.15) is 0 Å². The van der Waals surface area contributed by atoms with Crippen molar-refractivity contribution in [2.45, 2.75) is 32.7 Å². The van der Waals surface area contributed by atoms with Crippen molar-refractivity contribution in [1.82, 2.24) is 5.32 Å². The van der Waals surface area contributed by atoms with Gasteiger partial charge in [0.25, 0.3) is 0 Å². The molecule has 24 heavy (non-hydrogen) atoms. The molecular weight excluding hydrogens is 421 g/mol. The summed E-state index contributed by atoms with van der Waals surface area (Å²) < 4.78 is 16.0. The van der Waals surface area contributed by atoms with Crippen LogP contribution in [0.25, 0.3) is 0 Å². The highest BCUT2D eigenvalue weighted by molar-refractivity contribution is 14.0. The SMILES string of the molecule is CCCCOCCCNC(N)=NCc1ccc(OC)c(OC)c1.I. The zero-order chi connectivity index (χ0) is 16.9. The molecule has 1 rings (SSSR count). The first-order valence-electron chi connectivity index (χ1n) is 8.03. The lowest BCUT2D eigenvalue weighted by Crippen LogP contribution is -2.32. The number of nitrogens with two attached hydrogens (primary N) is 1. The van der Waals surface area contributed by atoms with Crippen LogP contribution >= 0.6 is 24.0 Å². The Hall–Kier alpha value is -1.22. The molecule has 0 aromatic heterocycles. The summed E-state index contributed by atoms with van der Waals surface area (Å²) in [4.78, 5) is 4.32. The number of nitrogens with one attached hydrogen (secondary N) is 1. The van der Waals surface area contributed by atoms with Crippen molar-refractivity contribution in [3.05, 3.63) is 23.8 Å². The second-order valence-electron chi connectivity index (χ2n) is 5.14. The van der Waals surface area contributed by atoms with E-state index in [0.29, 0.717) is 24.0 Å². The standard InChI is InChI=1S/C17H29N3O3.HI/c1-4-5-10-23-11-6-9-19-17(18)20-13-14-7-8-15(21-2)16(12-14)22-3;/h7-8,12H,4-6,9-11,13H2,1-3H3,(H3,18,19,20);1H. The third kappa shape index (κ3) is 9.17. The molecule has 0 aliphatic rings. The Morgan fingerprint density at radius 1 is 1.12 bits per heavy atom. The van der Waals surface area contributed by atoms with Gasteiger partial charge in [0, 0.05) is 19.8 Å². The molecule has 0 bridgehead atoms. The number of unbranched alkanes of at least 4 members (excludes halogenated alkanes) is 1. The smallest absolute Gasteiger partial charge is 0.188 e. The van der Waals surface area contributed by atoms with Crippen molar-refractivity contribution in [3.8, 4) is 11.5 Å². The van der Waals surface area contributed by atoms with E-state index in [0.717, 1.165) is 44.6 Å². The second kappa shape index (κ2) is 14.2. The van der Waals surface area contributed by atoms with Crippen LogP contribution in [0.15, 0.2) is 23.2 Å². The van der Waals surface area contributed by atoms with Crippen molar-refractivity contribution < 1.29 is 14.2 Å². The number of hydrogen-bond acceptors (Lipinski definition) is 4. The maximum absolute atomic E-state index is 5.85. The first-order chi connectivity index (χ1) is 11.2. The average molecular weight is 451 g/mol. The molecule has 0 saturated carbocycles. The Bertz CT molecular complexity index is 484. The summed E-state index contributed by atoms with van der Waals surface area (Å²) in [6.07, 6.45) is 3.19. The van der Waals surface area contributed by atoms with Gasteiger partial charge >= 0.3 is 0 Å². The summed E-state index contributed by atoms with van der Waals surface area (Å²) in [5.41, 5.74) is 6.86. The van der Waals surface area contributed by atoms with Crippen LogP contribution in [0.5, 0.6) is 11.5 Å². The van der Waals surface area contributed by atoms with Gasteiger partial charge in [-0.25, -0.2) is 4.99 Å². The van der Waals surface area contributed by atoms with Crippen LogP contribution in [0, 0.1) is 0 Å². The zero-order valence-corrected chi connectivity index (χ0v) is 17.2. The number of halogens is 1. The molecule has 0 heterocycles. The predicted molar refractivity (Wildman–Crippen MR) is 109 cm³/mol. The molecule has 0 atom stereocenters. The third-order valence-corrected chi connectivity index (χ3v) is 3.29. The van der Waals surface area contributed by atoms with E-state index in [9.17, 15) is 0 Å². The van der Waals surface area contributed by atoms with Gasteiger partial charge in [-0.3, -0.25) is 0 Å². The average Bonchev–Trinajstić information content (AvgIpc) is 2.58. The lowest BCUT2D eigenvalue weighted by Gasteiger charge is -2.09.